The van der Waals surface area contributed by atoms with Gasteiger partial charge in [0.15, 0.2) is 5.96 Å². The maximum atomic E-state index is 13.3. The molecule has 1 fully saturated rings. The Bertz CT molecular complexity index is 781. The molecule has 1 aliphatic rings. The molecule has 3 rings (SSSR count). The molecule has 0 radical (unpaired) electrons. The van der Waals surface area contributed by atoms with Gasteiger partial charge in [-0.1, -0.05) is 6.92 Å². The minimum atomic E-state index is -0.551. The SMILES string of the molecule is CCNC(=NCCc1cc(F)cc(F)c1)N1CCN(c2nc(CC)ns2)CC1. The number of anilines is 1. The zero-order valence-corrected chi connectivity index (χ0v) is 17.1. The molecule has 1 N–H and O–H groups in total. The van der Waals surface area contributed by atoms with Gasteiger partial charge in [0.05, 0.1) is 0 Å². The summed E-state index contributed by atoms with van der Waals surface area (Å²) in [4.78, 5) is 13.7. The van der Waals surface area contributed by atoms with E-state index < -0.39 is 11.6 Å². The third-order valence-corrected chi connectivity index (χ3v) is 5.36. The van der Waals surface area contributed by atoms with Crippen LogP contribution in [0.1, 0.15) is 25.2 Å². The van der Waals surface area contributed by atoms with Crippen molar-refractivity contribution in [1.82, 2.24) is 19.6 Å². The second kappa shape index (κ2) is 9.77. The first kappa shape index (κ1) is 20.4. The lowest BCUT2D eigenvalue weighted by Gasteiger charge is -2.36. The summed E-state index contributed by atoms with van der Waals surface area (Å²) in [7, 11) is 0. The fourth-order valence-corrected chi connectivity index (χ4v) is 3.90. The summed E-state index contributed by atoms with van der Waals surface area (Å²) < 4.78 is 31.0. The summed E-state index contributed by atoms with van der Waals surface area (Å²) in [5, 5.41) is 4.29. The van der Waals surface area contributed by atoms with Crippen molar-refractivity contribution in [1.29, 1.82) is 0 Å². The number of hydrogen-bond acceptors (Lipinski definition) is 5. The molecule has 0 atom stereocenters. The van der Waals surface area contributed by atoms with E-state index in [2.05, 4.69) is 36.4 Å². The van der Waals surface area contributed by atoms with Gasteiger partial charge >= 0.3 is 0 Å². The first-order valence-electron chi connectivity index (χ1n) is 9.64. The highest BCUT2D eigenvalue weighted by Gasteiger charge is 2.22. The zero-order chi connectivity index (χ0) is 19.9. The predicted molar refractivity (Wildman–Crippen MR) is 109 cm³/mol. The van der Waals surface area contributed by atoms with E-state index in [1.807, 2.05) is 6.92 Å². The summed E-state index contributed by atoms with van der Waals surface area (Å²) in [5.74, 6) is 0.631. The van der Waals surface area contributed by atoms with Crippen molar-refractivity contribution in [3.05, 3.63) is 41.2 Å². The van der Waals surface area contributed by atoms with Gasteiger partial charge < -0.3 is 15.1 Å². The quantitative estimate of drug-likeness (QED) is 0.588. The average molecular weight is 409 g/mol. The van der Waals surface area contributed by atoms with E-state index in [0.29, 0.717) is 18.5 Å². The largest absolute Gasteiger partial charge is 0.357 e. The number of aryl methyl sites for hydroxylation is 1. The number of piperazine rings is 1. The Balaban J connectivity index is 1.57. The van der Waals surface area contributed by atoms with Gasteiger partial charge in [-0.3, -0.25) is 4.99 Å². The normalized spacial score (nSPS) is 15.2. The third-order valence-electron chi connectivity index (χ3n) is 4.54. The number of aromatic nitrogens is 2. The summed E-state index contributed by atoms with van der Waals surface area (Å²) in [6.07, 6.45) is 1.34. The Morgan fingerprint density at radius 3 is 2.46 bits per heavy atom. The maximum Gasteiger partial charge on any atom is 0.205 e. The van der Waals surface area contributed by atoms with Gasteiger partial charge in [0.1, 0.15) is 17.5 Å². The molecule has 1 aromatic heterocycles. The minimum absolute atomic E-state index is 0.474. The molecule has 0 saturated carbocycles. The van der Waals surface area contributed by atoms with Crippen LogP contribution in [0.4, 0.5) is 13.9 Å². The molecule has 9 heteroatoms. The van der Waals surface area contributed by atoms with E-state index in [-0.39, 0.29) is 0 Å². The fraction of sp³-hybridized carbons (Fsp3) is 0.526. The van der Waals surface area contributed by atoms with E-state index in [1.165, 1.54) is 23.7 Å². The molecule has 0 spiro atoms. The number of guanidine groups is 1. The number of benzene rings is 1. The van der Waals surface area contributed by atoms with Gasteiger partial charge in [-0.2, -0.15) is 4.37 Å². The second-order valence-corrected chi connectivity index (χ2v) is 7.31. The average Bonchev–Trinajstić information content (AvgIpc) is 3.16. The lowest BCUT2D eigenvalue weighted by molar-refractivity contribution is 0.372. The Morgan fingerprint density at radius 2 is 1.86 bits per heavy atom. The van der Waals surface area contributed by atoms with Crippen molar-refractivity contribution in [2.45, 2.75) is 26.7 Å². The molecule has 0 aliphatic carbocycles. The van der Waals surface area contributed by atoms with Crippen molar-refractivity contribution < 1.29 is 8.78 Å². The third kappa shape index (κ3) is 5.37. The first-order chi connectivity index (χ1) is 13.6. The van der Waals surface area contributed by atoms with Crippen LogP contribution in [0.2, 0.25) is 0 Å². The van der Waals surface area contributed by atoms with Crippen LogP contribution in [0.5, 0.6) is 0 Å². The van der Waals surface area contributed by atoms with Gasteiger partial charge in [0.2, 0.25) is 5.13 Å². The fourth-order valence-electron chi connectivity index (χ4n) is 3.10. The summed E-state index contributed by atoms with van der Waals surface area (Å²) in [6, 6.07) is 3.60. The van der Waals surface area contributed by atoms with Gasteiger partial charge in [-0.25, -0.2) is 13.8 Å². The summed E-state index contributed by atoms with van der Waals surface area (Å²) >= 11 is 1.45. The number of nitrogens with zero attached hydrogens (tertiary/aromatic N) is 5. The first-order valence-corrected chi connectivity index (χ1v) is 10.4. The van der Waals surface area contributed by atoms with Crippen LogP contribution in [0.15, 0.2) is 23.2 Å². The van der Waals surface area contributed by atoms with E-state index in [9.17, 15) is 8.78 Å². The molecule has 152 valence electrons. The van der Waals surface area contributed by atoms with Crippen molar-refractivity contribution in [2.75, 3.05) is 44.2 Å². The Labute approximate surface area is 168 Å². The van der Waals surface area contributed by atoms with Crippen molar-refractivity contribution in [3.63, 3.8) is 0 Å². The lowest BCUT2D eigenvalue weighted by atomic mass is 10.1. The summed E-state index contributed by atoms with van der Waals surface area (Å²) in [6.45, 7) is 8.71. The molecular weight excluding hydrogens is 382 g/mol. The molecule has 1 saturated heterocycles. The molecule has 0 amide bonds. The van der Waals surface area contributed by atoms with Crippen LogP contribution in [-0.2, 0) is 12.8 Å². The van der Waals surface area contributed by atoms with Crippen molar-refractivity contribution >= 4 is 22.6 Å². The van der Waals surface area contributed by atoms with Gasteiger partial charge in [0, 0.05) is 63.3 Å². The van der Waals surface area contributed by atoms with E-state index in [0.717, 1.165) is 62.1 Å². The van der Waals surface area contributed by atoms with Crippen LogP contribution in [-0.4, -0.2) is 59.5 Å². The molecule has 6 nitrogen and oxygen atoms in total. The van der Waals surface area contributed by atoms with Crippen LogP contribution >= 0.6 is 11.5 Å². The smallest absolute Gasteiger partial charge is 0.205 e. The van der Waals surface area contributed by atoms with E-state index in [4.69, 9.17) is 0 Å². The Morgan fingerprint density at radius 1 is 1.14 bits per heavy atom. The predicted octanol–water partition coefficient (Wildman–Crippen LogP) is 2.71. The monoisotopic (exact) mass is 408 g/mol. The molecule has 1 aliphatic heterocycles. The molecular formula is C19H26F2N6S. The van der Waals surface area contributed by atoms with E-state index in [1.54, 1.807) is 0 Å². The van der Waals surface area contributed by atoms with Crippen LogP contribution in [0.3, 0.4) is 0 Å². The zero-order valence-electron chi connectivity index (χ0n) is 16.3. The number of halogens is 2. The minimum Gasteiger partial charge on any atom is -0.357 e. The van der Waals surface area contributed by atoms with Gasteiger partial charge in [-0.15, -0.1) is 0 Å². The van der Waals surface area contributed by atoms with Gasteiger partial charge in [0.25, 0.3) is 0 Å². The highest BCUT2D eigenvalue weighted by atomic mass is 32.1. The van der Waals surface area contributed by atoms with Crippen LogP contribution < -0.4 is 10.2 Å². The number of aliphatic imine (C=N–C) groups is 1. The molecule has 2 aromatic rings. The standard InChI is InChI=1S/C19H26F2N6S/c1-3-17-24-19(28-25-17)27-9-7-26(8-10-27)18(22-4-2)23-6-5-14-11-15(20)13-16(21)12-14/h11-13H,3-10H2,1-2H3,(H,22,23). The molecule has 2 heterocycles. The topological polar surface area (TPSA) is 56.7 Å². The van der Waals surface area contributed by atoms with Crippen molar-refractivity contribution in [3.8, 4) is 0 Å². The molecule has 1 aromatic carbocycles. The van der Waals surface area contributed by atoms with Crippen LogP contribution in [0, 0.1) is 11.6 Å². The number of rotatable bonds is 6. The molecule has 0 bridgehead atoms. The van der Waals surface area contributed by atoms with E-state index >= 15 is 0 Å². The Kier molecular flexibility index (Phi) is 7.13. The van der Waals surface area contributed by atoms with Gasteiger partial charge in [-0.05, 0) is 31.0 Å². The van der Waals surface area contributed by atoms with Crippen molar-refractivity contribution in [2.24, 2.45) is 4.99 Å². The van der Waals surface area contributed by atoms with Crippen LogP contribution in [0.25, 0.3) is 0 Å². The summed E-state index contributed by atoms with van der Waals surface area (Å²) in [5.41, 5.74) is 0.616. The highest BCUT2D eigenvalue weighted by Crippen LogP contribution is 2.19. The highest BCUT2D eigenvalue weighted by molar-refractivity contribution is 7.09. The Hall–Kier alpha value is -2.29. The maximum absolute atomic E-state index is 13.3. The second-order valence-electron chi connectivity index (χ2n) is 6.58. The number of nitrogens with one attached hydrogen (secondary N) is 1. The molecule has 28 heavy (non-hydrogen) atoms. The molecule has 0 unspecified atom stereocenters. The number of hydrogen-bond donors (Lipinski definition) is 1. The lowest BCUT2D eigenvalue weighted by Crippen LogP contribution is -2.52.